The average Bonchev–Trinajstić information content (AvgIpc) is 2.91. The molecule has 0 spiro atoms. The fourth-order valence-electron chi connectivity index (χ4n) is 4.46. The fourth-order valence-corrected chi connectivity index (χ4v) is 5.59. The van der Waals surface area contributed by atoms with Crippen molar-refractivity contribution in [3.05, 3.63) is 93.5 Å². The summed E-state index contributed by atoms with van der Waals surface area (Å²) in [6, 6.07) is 11.5. The quantitative estimate of drug-likeness (QED) is 0.274. The molecule has 1 aliphatic heterocycles. The van der Waals surface area contributed by atoms with Crippen molar-refractivity contribution in [1.29, 1.82) is 0 Å². The summed E-state index contributed by atoms with van der Waals surface area (Å²) >= 11 is 0. The Morgan fingerprint density at radius 2 is 1.80 bits per heavy atom. The van der Waals surface area contributed by atoms with Crippen LogP contribution in [0.2, 0.25) is 0 Å². The van der Waals surface area contributed by atoms with E-state index in [4.69, 9.17) is 0 Å². The minimum absolute atomic E-state index is 0.0263. The summed E-state index contributed by atoms with van der Waals surface area (Å²) in [5.41, 5.74) is -1.39. The highest BCUT2D eigenvalue weighted by atomic mass is 32.2. The van der Waals surface area contributed by atoms with Gasteiger partial charge in [0.05, 0.1) is 16.8 Å². The van der Waals surface area contributed by atoms with Crippen molar-refractivity contribution in [2.24, 2.45) is 10.3 Å². The lowest BCUT2D eigenvalue weighted by Crippen LogP contribution is -2.33. The molecule has 1 aromatic heterocycles. The van der Waals surface area contributed by atoms with Crippen molar-refractivity contribution in [1.82, 2.24) is 4.57 Å². The molecule has 0 aliphatic carbocycles. The molecule has 13 heteroatoms. The highest BCUT2D eigenvalue weighted by molar-refractivity contribution is 7.90. The number of hydrogen-bond acceptors (Lipinski definition) is 6. The number of aromatic nitrogens is 1. The SMILES string of the molecule is CC(C)CCn1c(=O)c(C2=NS(=O)(=O)c3ccccc3N2)c(O)c2cc(NC(=O)c3ccc(F)c(F)c3F)ccc21. The normalized spacial score (nSPS) is 14.0. The number of halogens is 3. The first-order valence-corrected chi connectivity index (χ1v) is 13.9. The lowest BCUT2D eigenvalue weighted by atomic mass is 10.1. The molecule has 0 saturated carbocycles. The molecule has 0 radical (unpaired) electrons. The summed E-state index contributed by atoms with van der Waals surface area (Å²) in [6.45, 7) is 4.12. The Kier molecular flexibility index (Phi) is 7.07. The number of aromatic hydroxyl groups is 1. The van der Waals surface area contributed by atoms with E-state index in [2.05, 4.69) is 15.0 Å². The van der Waals surface area contributed by atoms with Crippen LogP contribution in [0.5, 0.6) is 5.75 Å². The average molecular weight is 585 g/mol. The van der Waals surface area contributed by atoms with E-state index in [1.165, 1.54) is 41.0 Å². The van der Waals surface area contributed by atoms with Crippen LogP contribution in [0.1, 0.15) is 36.2 Å². The van der Waals surface area contributed by atoms with Crippen molar-refractivity contribution in [2.45, 2.75) is 31.7 Å². The summed E-state index contributed by atoms with van der Waals surface area (Å²) < 4.78 is 72.1. The molecule has 5 rings (SSSR count). The van der Waals surface area contributed by atoms with Gasteiger partial charge >= 0.3 is 0 Å². The summed E-state index contributed by atoms with van der Waals surface area (Å²) in [6.07, 6.45) is 0.564. The van der Waals surface area contributed by atoms with Crippen molar-refractivity contribution >= 4 is 44.0 Å². The van der Waals surface area contributed by atoms with Gasteiger partial charge in [-0.05, 0) is 54.8 Å². The number of rotatable bonds is 6. The maximum atomic E-state index is 14.2. The number of nitrogens with one attached hydrogen (secondary N) is 2. The zero-order valence-corrected chi connectivity index (χ0v) is 22.5. The monoisotopic (exact) mass is 584 g/mol. The van der Waals surface area contributed by atoms with Crippen LogP contribution in [-0.2, 0) is 16.6 Å². The minimum atomic E-state index is -4.21. The maximum absolute atomic E-state index is 14.2. The summed E-state index contributed by atoms with van der Waals surface area (Å²) in [7, 11) is -4.21. The highest BCUT2D eigenvalue weighted by Gasteiger charge is 2.30. The van der Waals surface area contributed by atoms with Gasteiger partial charge in [0, 0.05) is 17.6 Å². The number of pyridine rings is 1. The van der Waals surface area contributed by atoms with Gasteiger partial charge in [0.1, 0.15) is 16.2 Å². The Labute approximate surface area is 232 Å². The molecule has 9 nitrogen and oxygen atoms in total. The molecule has 0 atom stereocenters. The largest absolute Gasteiger partial charge is 0.506 e. The van der Waals surface area contributed by atoms with E-state index in [0.29, 0.717) is 12.5 Å². The molecule has 41 heavy (non-hydrogen) atoms. The number of carbonyl (C=O) groups is 1. The van der Waals surface area contributed by atoms with Gasteiger partial charge in [0.25, 0.3) is 21.5 Å². The third kappa shape index (κ3) is 5.04. The summed E-state index contributed by atoms with van der Waals surface area (Å²) in [4.78, 5) is 26.3. The molecular formula is C28H23F3N4O5S. The van der Waals surface area contributed by atoms with Crippen LogP contribution < -0.4 is 16.2 Å². The fraction of sp³-hybridized carbons (Fsp3) is 0.179. The number of amidine groups is 1. The van der Waals surface area contributed by atoms with Gasteiger partial charge in [-0.15, -0.1) is 4.40 Å². The van der Waals surface area contributed by atoms with Crippen LogP contribution in [0.25, 0.3) is 10.9 Å². The second kappa shape index (κ2) is 10.4. The van der Waals surface area contributed by atoms with E-state index >= 15 is 0 Å². The lowest BCUT2D eigenvalue weighted by molar-refractivity contribution is 0.102. The van der Waals surface area contributed by atoms with E-state index < -0.39 is 55.8 Å². The number of para-hydroxylation sites is 1. The molecule has 1 aliphatic rings. The molecule has 0 bridgehead atoms. The van der Waals surface area contributed by atoms with Crippen LogP contribution in [-0.4, -0.2) is 29.8 Å². The molecule has 0 fully saturated rings. The number of nitrogens with zero attached hydrogens (tertiary/aromatic N) is 2. The van der Waals surface area contributed by atoms with Crippen molar-refractivity contribution in [3.8, 4) is 5.75 Å². The number of sulfonamides is 1. The molecule has 0 saturated heterocycles. The maximum Gasteiger partial charge on any atom is 0.286 e. The van der Waals surface area contributed by atoms with E-state index in [-0.39, 0.29) is 45.5 Å². The van der Waals surface area contributed by atoms with Gasteiger partial charge in [-0.25, -0.2) is 13.2 Å². The standard InChI is InChI=1S/C28H23F3N4O5S/c1-14(2)11-12-35-20-10-7-15(32-27(37)16-8-9-18(29)24(31)23(16)30)13-17(20)25(36)22(28(35)38)26-33-19-5-3-4-6-21(19)41(39,40)34-26/h3-10,13-14,36H,11-12H2,1-2H3,(H,32,37)(H,33,34). The first-order chi connectivity index (χ1) is 19.4. The minimum Gasteiger partial charge on any atom is -0.506 e. The van der Waals surface area contributed by atoms with E-state index in [0.717, 1.165) is 6.07 Å². The summed E-state index contributed by atoms with van der Waals surface area (Å²) in [5, 5.41) is 16.5. The van der Waals surface area contributed by atoms with Crippen molar-refractivity contribution < 1.29 is 31.5 Å². The zero-order chi connectivity index (χ0) is 29.6. The zero-order valence-electron chi connectivity index (χ0n) is 21.7. The third-order valence-electron chi connectivity index (χ3n) is 6.57. The van der Waals surface area contributed by atoms with Gasteiger partial charge in [-0.3, -0.25) is 9.59 Å². The van der Waals surface area contributed by atoms with Crippen LogP contribution in [0.4, 0.5) is 24.5 Å². The molecule has 3 aromatic carbocycles. The van der Waals surface area contributed by atoms with E-state index in [1.54, 1.807) is 6.07 Å². The Bertz CT molecular complexity index is 1940. The molecule has 3 N–H and O–H groups in total. The van der Waals surface area contributed by atoms with Gasteiger partial charge in [0.15, 0.2) is 23.3 Å². The number of benzene rings is 3. The molecule has 1 amide bonds. The molecule has 212 valence electrons. The van der Waals surface area contributed by atoms with Crippen LogP contribution in [0.3, 0.4) is 0 Å². The summed E-state index contributed by atoms with van der Waals surface area (Å²) in [5.74, 6) is -6.81. The number of amides is 1. The first-order valence-electron chi connectivity index (χ1n) is 12.4. The van der Waals surface area contributed by atoms with E-state index in [9.17, 15) is 36.3 Å². The smallest absolute Gasteiger partial charge is 0.286 e. The number of anilines is 2. The second-order valence-electron chi connectivity index (χ2n) is 9.81. The van der Waals surface area contributed by atoms with Crippen LogP contribution in [0, 0.1) is 23.4 Å². The molecule has 0 unspecified atom stereocenters. The Balaban J connectivity index is 1.66. The Morgan fingerprint density at radius 1 is 1.07 bits per heavy atom. The molecule has 2 heterocycles. The third-order valence-corrected chi connectivity index (χ3v) is 7.91. The number of hydrogen-bond donors (Lipinski definition) is 3. The van der Waals surface area contributed by atoms with Crippen LogP contribution >= 0.6 is 0 Å². The Hall–Kier alpha value is -4.65. The predicted molar refractivity (Wildman–Crippen MR) is 147 cm³/mol. The van der Waals surface area contributed by atoms with Crippen LogP contribution in [0.15, 0.2) is 68.7 Å². The van der Waals surface area contributed by atoms with Crippen molar-refractivity contribution in [3.63, 3.8) is 0 Å². The molecular weight excluding hydrogens is 561 g/mol. The predicted octanol–water partition coefficient (Wildman–Crippen LogP) is 4.98. The molecule has 4 aromatic rings. The van der Waals surface area contributed by atoms with E-state index in [1.807, 2.05) is 13.8 Å². The number of carbonyl (C=O) groups excluding carboxylic acids is 1. The Morgan fingerprint density at radius 3 is 2.54 bits per heavy atom. The number of fused-ring (bicyclic) bond motifs is 2. The van der Waals surface area contributed by atoms with Gasteiger partial charge in [0.2, 0.25) is 0 Å². The first kappa shape index (κ1) is 27.9. The topological polar surface area (TPSA) is 130 Å². The second-order valence-corrected chi connectivity index (χ2v) is 11.4. The highest BCUT2D eigenvalue weighted by Crippen LogP contribution is 2.33. The van der Waals surface area contributed by atoms with Gasteiger partial charge in [-0.1, -0.05) is 26.0 Å². The van der Waals surface area contributed by atoms with Gasteiger partial charge in [-0.2, -0.15) is 8.42 Å². The van der Waals surface area contributed by atoms with Gasteiger partial charge < -0.3 is 20.3 Å². The lowest BCUT2D eigenvalue weighted by Gasteiger charge is -2.21. The number of aryl methyl sites for hydroxylation is 1. The van der Waals surface area contributed by atoms with Crippen molar-refractivity contribution in [2.75, 3.05) is 10.6 Å².